The van der Waals surface area contributed by atoms with Gasteiger partial charge in [-0.15, -0.1) is 11.8 Å². The molecule has 6 nitrogen and oxygen atoms in total. The highest BCUT2D eigenvalue weighted by molar-refractivity contribution is 7.99. The Labute approximate surface area is 120 Å². The van der Waals surface area contributed by atoms with Crippen molar-refractivity contribution in [2.24, 2.45) is 0 Å². The van der Waals surface area contributed by atoms with E-state index in [0.29, 0.717) is 11.6 Å². The number of carbonyl (C=O) groups is 2. The lowest BCUT2D eigenvalue weighted by molar-refractivity contribution is -0.140. The Morgan fingerprint density at radius 1 is 1.40 bits per heavy atom. The monoisotopic (exact) mass is 315 g/mol. The fourth-order valence-electron chi connectivity index (χ4n) is 1.87. The number of carboxylic acid groups (broad SMARTS) is 1. The summed E-state index contributed by atoms with van der Waals surface area (Å²) < 4.78 is 23.0. The summed E-state index contributed by atoms with van der Waals surface area (Å²) >= 11 is 1.36. The van der Waals surface area contributed by atoms with E-state index in [4.69, 9.17) is 5.11 Å². The van der Waals surface area contributed by atoms with Crippen LogP contribution in [0.5, 0.6) is 0 Å². The average Bonchev–Trinajstić information content (AvgIpc) is 2.86. The second-order valence-corrected chi connectivity index (χ2v) is 7.44. The van der Waals surface area contributed by atoms with Gasteiger partial charge in [-0.05, 0) is 18.2 Å². The largest absolute Gasteiger partial charge is 0.480 e. The Hall–Kier alpha value is -1.54. The van der Waals surface area contributed by atoms with Crippen LogP contribution < -0.4 is 0 Å². The molecule has 20 heavy (non-hydrogen) atoms. The third-order valence-corrected chi connectivity index (χ3v) is 5.06. The smallest absolute Gasteiger partial charge is 0.327 e. The molecule has 8 heteroatoms. The van der Waals surface area contributed by atoms with E-state index >= 15 is 0 Å². The highest BCUT2D eigenvalue weighted by Crippen LogP contribution is 2.24. The molecule has 1 saturated heterocycles. The van der Waals surface area contributed by atoms with E-state index in [-0.39, 0.29) is 10.5 Å². The molecule has 1 amide bonds. The van der Waals surface area contributed by atoms with Gasteiger partial charge in [-0.1, -0.05) is 6.07 Å². The van der Waals surface area contributed by atoms with Gasteiger partial charge in [0.05, 0.1) is 10.8 Å². The first-order valence-electron chi connectivity index (χ1n) is 5.72. The summed E-state index contributed by atoms with van der Waals surface area (Å²) in [6.07, 6.45) is 1.06. The van der Waals surface area contributed by atoms with E-state index in [2.05, 4.69) is 0 Å². The second-order valence-electron chi connectivity index (χ2n) is 4.43. The lowest BCUT2D eigenvalue weighted by Gasteiger charge is -2.20. The molecule has 1 aromatic rings. The molecule has 0 bridgehead atoms. The van der Waals surface area contributed by atoms with Crippen LogP contribution in [0.2, 0.25) is 0 Å². The van der Waals surface area contributed by atoms with Crippen LogP contribution in [0.4, 0.5) is 0 Å². The van der Waals surface area contributed by atoms with Crippen molar-refractivity contribution in [1.82, 2.24) is 4.90 Å². The minimum atomic E-state index is -3.40. The average molecular weight is 315 g/mol. The molecule has 0 aliphatic carbocycles. The zero-order chi connectivity index (χ0) is 14.9. The maximum absolute atomic E-state index is 12.3. The van der Waals surface area contributed by atoms with Crippen molar-refractivity contribution in [2.45, 2.75) is 10.9 Å². The van der Waals surface area contributed by atoms with Gasteiger partial charge < -0.3 is 10.0 Å². The first-order valence-corrected chi connectivity index (χ1v) is 8.77. The van der Waals surface area contributed by atoms with Gasteiger partial charge in [-0.25, -0.2) is 13.2 Å². The lowest BCUT2D eigenvalue weighted by atomic mass is 10.2. The molecule has 0 saturated carbocycles. The van der Waals surface area contributed by atoms with Crippen LogP contribution in [0.25, 0.3) is 0 Å². The molecule has 2 rings (SSSR count). The number of sulfone groups is 1. The molecule has 108 valence electrons. The molecule has 1 N–H and O–H groups in total. The van der Waals surface area contributed by atoms with Gasteiger partial charge in [-0.3, -0.25) is 4.79 Å². The Morgan fingerprint density at radius 3 is 2.70 bits per heavy atom. The van der Waals surface area contributed by atoms with Gasteiger partial charge in [-0.2, -0.15) is 0 Å². The SMILES string of the molecule is CS(=O)(=O)c1cccc(C(=O)N2CSC[C@H]2C(=O)O)c1. The predicted octanol–water partition coefficient (Wildman–Crippen LogP) is 0.690. The van der Waals surface area contributed by atoms with Crippen molar-refractivity contribution in [1.29, 1.82) is 0 Å². The normalized spacial score (nSPS) is 19.1. The summed E-state index contributed by atoms with van der Waals surface area (Å²) in [6.45, 7) is 0. The molecule has 1 aliphatic rings. The molecule has 1 aromatic carbocycles. The first-order chi connectivity index (χ1) is 9.30. The maximum Gasteiger partial charge on any atom is 0.327 e. The van der Waals surface area contributed by atoms with Crippen molar-refractivity contribution in [3.63, 3.8) is 0 Å². The van der Waals surface area contributed by atoms with Crippen molar-refractivity contribution >= 4 is 33.5 Å². The zero-order valence-electron chi connectivity index (χ0n) is 10.6. The van der Waals surface area contributed by atoms with Crippen molar-refractivity contribution in [3.05, 3.63) is 29.8 Å². The number of nitrogens with zero attached hydrogens (tertiary/aromatic N) is 1. The van der Waals surface area contributed by atoms with Crippen LogP contribution in [0.3, 0.4) is 0 Å². The van der Waals surface area contributed by atoms with Crippen LogP contribution in [0.1, 0.15) is 10.4 Å². The van der Waals surface area contributed by atoms with E-state index in [1.54, 1.807) is 0 Å². The Bertz CT molecular complexity index is 656. The number of carbonyl (C=O) groups excluding carboxylic acids is 1. The number of hydrogen-bond acceptors (Lipinski definition) is 5. The third-order valence-electron chi connectivity index (χ3n) is 2.94. The van der Waals surface area contributed by atoms with E-state index < -0.39 is 27.8 Å². The molecular formula is C12H13NO5S2. The fourth-order valence-corrected chi connectivity index (χ4v) is 3.68. The molecule has 0 spiro atoms. The fraction of sp³-hybridized carbons (Fsp3) is 0.333. The van der Waals surface area contributed by atoms with Gasteiger partial charge in [0.2, 0.25) is 0 Å². The highest BCUT2D eigenvalue weighted by Gasteiger charge is 2.35. The van der Waals surface area contributed by atoms with Crippen molar-refractivity contribution < 1.29 is 23.1 Å². The Kier molecular flexibility index (Phi) is 4.05. The summed E-state index contributed by atoms with van der Waals surface area (Å²) in [5, 5.41) is 9.06. The summed E-state index contributed by atoms with van der Waals surface area (Å²) in [5.74, 6) is -0.887. The van der Waals surface area contributed by atoms with Crippen LogP contribution in [0.15, 0.2) is 29.2 Å². The molecular weight excluding hydrogens is 302 g/mol. The van der Waals surface area contributed by atoms with E-state index in [1.165, 1.54) is 40.9 Å². The van der Waals surface area contributed by atoms with Gasteiger partial charge >= 0.3 is 5.97 Å². The van der Waals surface area contributed by atoms with Crippen LogP contribution in [0, 0.1) is 0 Å². The summed E-state index contributed by atoms with van der Waals surface area (Å²) in [6, 6.07) is 4.77. The number of hydrogen-bond donors (Lipinski definition) is 1. The molecule has 1 fully saturated rings. The quantitative estimate of drug-likeness (QED) is 0.882. The van der Waals surface area contributed by atoms with Crippen molar-refractivity contribution in [2.75, 3.05) is 17.9 Å². The minimum absolute atomic E-state index is 0.0436. The molecule has 0 aromatic heterocycles. The van der Waals surface area contributed by atoms with Gasteiger partial charge in [0.25, 0.3) is 5.91 Å². The van der Waals surface area contributed by atoms with Gasteiger partial charge in [0, 0.05) is 17.6 Å². The van der Waals surface area contributed by atoms with Crippen LogP contribution in [-0.4, -0.2) is 54.2 Å². The standard InChI is InChI=1S/C12H13NO5S2/c1-20(17,18)9-4-2-3-8(5-9)11(14)13-7-19-6-10(13)12(15)16/h2-5,10H,6-7H2,1H3,(H,15,16)/t10-/m0/s1. The molecule has 1 atom stereocenters. The molecule has 0 radical (unpaired) electrons. The number of amides is 1. The van der Waals surface area contributed by atoms with E-state index in [1.807, 2.05) is 0 Å². The van der Waals surface area contributed by atoms with Gasteiger partial charge in [0.15, 0.2) is 9.84 Å². The van der Waals surface area contributed by atoms with E-state index in [0.717, 1.165) is 6.26 Å². The van der Waals surface area contributed by atoms with Gasteiger partial charge in [0.1, 0.15) is 6.04 Å². The number of carboxylic acids is 1. The van der Waals surface area contributed by atoms with E-state index in [9.17, 15) is 18.0 Å². The lowest BCUT2D eigenvalue weighted by Crippen LogP contribution is -2.41. The molecule has 0 unspecified atom stereocenters. The van der Waals surface area contributed by atoms with Crippen LogP contribution in [-0.2, 0) is 14.6 Å². The highest BCUT2D eigenvalue weighted by atomic mass is 32.2. The maximum atomic E-state index is 12.3. The Morgan fingerprint density at radius 2 is 2.10 bits per heavy atom. The van der Waals surface area contributed by atoms with Crippen LogP contribution >= 0.6 is 11.8 Å². The minimum Gasteiger partial charge on any atom is -0.480 e. The predicted molar refractivity (Wildman–Crippen MR) is 74.5 cm³/mol. The third kappa shape index (κ3) is 2.96. The Balaban J connectivity index is 2.32. The second kappa shape index (κ2) is 5.45. The first kappa shape index (κ1) is 14.9. The summed E-state index contributed by atoms with van der Waals surface area (Å²) in [7, 11) is -3.40. The zero-order valence-corrected chi connectivity index (χ0v) is 12.3. The molecule has 1 aliphatic heterocycles. The number of benzene rings is 1. The number of rotatable bonds is 3. The summed E-state index contributed by atoms with van der Waals surface area (Å²) in [5.41, 5.74) is 0.182. The topological polar surface area (TPSA) is 91.8 Å². The number of aliphatic carboxylic acids is 1. The summed E-state index contributed by atoms with van der Waals surface area (Å²) in [4.78, 5) is 24.7. The van der Waals surface area contributed by atoms with Crippen molar-refractivity contribution in [3.8, 4) is 0 Å². The number of thioether (sulfide) groups is 1. The molecule has 1 heterocycles.